The molecular formula is C5H9Cl2F3Si. The molecule has 6 heteroatoms. The number of halogens is 5. The Labute approximate surface area is 74.7 Å². The van der Waals surface area contributed by atoms with Crippen molar-refractivity contribution in [1.82, 2.24) is 0 Å². The molecule has 11 heavy (non-hydrogen) atoms. The van der Waals surface area contributed by atoms with Crippen LogP contribution in [0.15, 0.2) is 0 Å². The van der Waals surface area contributed by atoms with E-state index in [1.165, 1.54) is 19.6 Å². The maximum Gasteiger partial charge on any atom is 0.418 e. The van der Waals surface area contributed by atoms with Crippen LogP contribution in [0.3, 0.4) is 0 Å². The zero-order chi connectivity index (χ0) is 9.50. The molecule has 0 aliphatic carbocycles. The average Bonchev–Trinajstić information content (AvgIpc) is 1.58. The van der Waals surface area contributed by atoms with Crippen molar-refractivity contribution in [2.75, 3.05) is 0 Å². The van der Waals surface area contributed by atoms with Crippen LogP contribution < -0.4 is 0 Å². The van der Waals surface area contributed by atoms with Gasteiger partial charge in [-0.2, -0.15) is 13.2 Å². The van der Waals surface area contributed by atoms with Crippen LogP contribution in [0.25, 0.3) is 0 Å². The predicted molar refractivity (Wildman–Crippen MR) is 43.8 cm³/mol. The van der Waals surface area contributed by atoms with Crippen molar-refractivity contribution in [2.24, 2.45) is 0 Å². The van der Waals surface area contributed by atoms with Crippen LogP contribution in [-0.4, -0.2) is 18.2 Å². The van der Waals surface area contributed by atoms with Crippen LogP contribution in [0.2, 0.25) is 19.6 Å². The maximum absolute atomic E-state index is 12.1. The summed E-state index contributed by atoms with van der Waals surface area (Å²) in [6.07, 6.45) is -4.53. The van der Waals surface area contributed by atoms with Crippen molar-refractivity contribution in [3.63, 3.8) is 0 Å². The van der Waals surface area contributed by atoms with Crippen molar-refractivity contribution in [3.05, 3.63) is 0 Å². The highest BCUT2D eigenvalue weighted by atomic mass is 35.5. The summed E-state index contributed by atoms with van der Waals surface area (Å²) in [6.45, 7) is 4.42. The molecule has 0 aromatic heterocycles. The van der Waals surface area contributed by atoms with Gasteiger partial charge < -0.3 is 0 Å². The number of hydrogen-bond acceptors (Lipinski definition) is 0. The van der Waals surface area contributed by atoms with Crippen molar-refractivity contribution in [3.8, 4) is 0 Å². The Morgan fingerprint density at radius 1 is 1.00 bits per heavy atom. The summed E-state index contributed by atoms with van der Waals surface area (Å²) >= 11 is 10.4. The zero-order valence-electron chi connectivity index (χ0n) is 6.39. The van der Waals surface area contributed by atoms with Crippen LogP contribution in [0.1, 0.15) is 0 Å². The molecule has 0 nitrogen and oxygen atoms in total. The fraction of sp³-hybridized carbons (Fsp3) is 1.00. The molecule has 0 saturated heterocycles. The van der Waals surface area contributed by atoms with E-state index in [1.54, 1.807) is 0 Å². The Morgan fingerprint density at radius 3 is 1.27 bits per heavy atom. The third kappa shape index (κ3) is 2.26. The van der Waals surface area contributed by atoms with Crippen LogP contribution in [0.4, 0.5) is 13.2 Å². The van der Waals surface area contributed by atoms with Crippen LogP contribution in [0, 0.1) is 0 Å². The van der Waals surface area contributed by atoms with Gasteiger partial charge in [0.25, 0.3) is 0 Å². The average molecular weight is 225 g/mol. The molecule has 0 aliphatic heterocycles. The lowest BCUT2D eigenvalue weighted by atomic mass is 10.7. The molecule has 0 aliphatic rings. The molecule has 0 saturated carbocycles. The van der Waals surface area contributed by atoms with E-state index in [-0.39, 0.29) is 0 Å². The van der Waals surface area contributed by atoms with E-state index < -0.39 is 18.2 Å². The summed E-state index contributed by atoms with van der Waals surface area (Å²) < 4.78 is 33.8. The highest BCUT2D eigenvalue weighted by Crippen LogP contribution is 2.46. The van der Waals surface area contributed by atoms with Gasteiger partial charge in [0.05, 0.1) is 8.07 Å². The fourth-order valence-corrected chi connectivity index (χ4v) is 1.28. The van der Waals surface area contributed by atoms with E-state index in [4.69, 9.17) is 23.2 Å². The molecule has 0 aromatic carbocycles. The second-order valence-electron chi connectivity index (χ2n) is 3.32. The van der Waals surface area contributed by atoms with E-state index in [9.17, 15) is 13.2 Å². The second-order valence-corrected chi connectivity index (χ2v) is 10.5. The van der Waals surface area contributed by atoms with Gasteiger partial charge in [-0.25, -0.2) is 0 Å². The minimum absolute atomic E-state index is 1.47. The van der Waals surface area contributed by atoms with E-state index in [1.807, 2.05) is 0 Å². The minimum atomic E-state index is -4.53. The summed E-state index contributed by atoms with van der Waals surface area (Å²) in [4.78, 5) is 0. The summed E-state index contributed by atoms with van der Waals surface area (Å²) in [5.74, 6) is 0. The predicted octanol–water partition coefficient (Wildman–Crippen LogP) is 3.60. The van der Waals surface area contributed by atoms with E-state index in [0.29, 0.717) is 0 Å². The number of alkyl halides is 5. The van der Waals surface area contributed by atoms with E-state index in [0.717, 1.165) is 0 Å². The Kier molecular flexibility index (Phi) is 2.97. The van der Waals surface area contributed by atoms with Gasteiger partial charge in [0, 0.05) is 0 Å². The molecule has 0 amide bonds. The Balaban J connectivity index is 4.75. The lowest BCUT2D eigenvalue weighted by molar-refractivity contribution is -0.126. The first-order valence-electron chi connectivity index (χ1n) is 2.94. The first kappa shape index (κ1) is 11.6. The third-order valence-corrected chi connectivity index (χ3v) is 7.30. The van der Waals surface area contributed by atoms with Crippen molar-refractivity contribution >= 4 is 31.3 Å². The molecule has 0 aromatic rings. The van der Waals surface area contributed by atoms with Gasteiger partial charge in [-0.05, 0) is 0 Å². The molecule has 0 unspecified atom stereocenters. The quantitative estimate of drug-likeness (QED) is 0.472. The van der Waals surface area contributed by atoms with E-state index >= 15 is 0 Å². The molecule has 0 spiro atoms. The monoisotopic (exact) mass is 224 g/mol. The summed E-state index contributed by atoms with van der Waals surface area (Å²) in [5.41, 5.74) is 0. The molecule has 0 fully saturated rings. The Hall–Kier alpha value is 0.587. The maximum atomic E-state index is 12.1. The van der Waals surface area contributed by atoms with Gasteiger partial charge in [-0.1, -0.05) is 42.8 Å². The smallest absolute Gasteiger partial charge is 0.168 e. The topological polar surface area (TPSA) is 0 Å². The normalized spacial score (nSPS) is 15.3. The fourth-order valence-electron chi connectivity index (χ4n) is 0.425. The van der Waals surface area contributed by atoms with Gasteiger partial charge in [0.1, 0.15) is 0 Å². The van der Waals surface area contributed by atoms with Crippen LogP contribution >= 0.6 is 23.2 Å². The summed E-state index contributed by atoms with van der Waals surface area (Å²) in [6, 6.07) is 0. The van der Waals surface area contributed by atoms with E-state index in [2.05, 4.69) is 0 Å². The molecule has 0 radical (unpaired) electrons. The minimum Gasteiger partial charge on any atom is -0.168 e. The lowest BCUT2D eigenvalue weighted by Crippen LogP contribution is -2.53. The molecule has 0 rings (SSSR count). The van der Waals surface area contributed by atoms with Gasteiger partial charge >= 0.3 is 6.18 Å². The molecule has 68 valence electrons. The molecule has 0 N–H and O–H groups in total. The molecule has 0 bridgehead atoms. The van der Waals surface area contributed by atoms with Crippen molar-refractivity contribution < 1.29 is 13.2 Å². The van der Waals surface area contributed by atoms with Crippen molar-refractivity contribution in [1.29, 1.82) is 0 Å². The SMILES string of the molecule is C[Si](C)(C)C(Cl)(Cl)C(F)(F)F. The molecular weight excluding hydrogens is 216 g/mol. The number of hydrogen-bond donors (Lipinski definition) is 0. The first-order chi connectivity index (χ1) is 4.50. The summed E-state index contributed by atoms with van der Waals surface area (Å²) in [5, 5.41) is 0. The third-order valence-electron chi connectivity index (χ3n) is 1.30. The largest absolute Gasteiger partial charge is 0.418 e. The lowest BCUT2D eigenvalue weighted by Gasteiger charge is -2.33. The van der Waals surface area contributed by atoms with Gasteiger partial charge in [-0.3, -0.25) is 0 Å². The van der Waals surface area contributed by atoms with Crippen LogP contribution in [-0.2, 0) is 0 Å². The highest BCUT2D eigenvalue weighted by molar-refractivity contribution is 6.94. The zero-order valence-corrected chi connectivity index (χ0v) is 8.90. The van der Waals surface area contributed by atoms with Crippen molar-refractivity contribution in [2.45, 2.75) is 29.8 Å². The van der Waals surface area contributed by atoms with Gasteiger partial charge in [-0.15, -0.1) is 0 Å². The number of rotatable bonds is 1. The van der Waals surface area contributed by atoms with Gasteiger partial charge in [0.15, 0.2) is 3.96 Å². The standard InChI is InChI=1S/C5H9Cl2F3Si/c1-11(2,3)4(6,7)5(8,9)10/h1-3H3. The van der Waals surface area contributed by atoms with Crippen LogP contribution in [0.5, 0.6) is 0 Å². The Bertz CT molecular complexity index is 131. The summed E-state index contributed by atoms with van der Waals surface area (Å²) in [7, 11) is -2.61. The Morgan fingerprint density at radius 2 is 1.27 bits per heavy atom. The second kappa shape index (κ2) is 2.82. The molecule has 0 atom stereocenters. The molecule has 0 heterocycles. The first-order valence-corrected chi connectivity index (χ1v) is 7.20. The van der Waals surface area contributed by atoms with Gasteiger partial charge in [0.2, 0.25) is 0 Å². The highest BCUT2D eigenvalue weighted by Gasteiger charge is 2.60.